The van der Waals surface area contributed by atoms with Crippen molar-refractivity contribution in [3.05, 3.63) is 70.8 Å². The number of hydrogen-bond donors (Lipinski definition) is 2. The van der Waals surface area contributed by atoms with Gasteiger partial charge >= 0.3 is 24.0 Å². The average Bonchev–Trinajstić information content (AvgIpc) is 3.10. The number of nitrogens with zero attached hydrogens (tertiary/aromatic N) is 8. The molecule has 0 saturated heterocycles. The molecule has 50 heavy (non-hydrogen) atoms. The Bertz CT molecular complexity index is 1790. The lowest BCUT2D eigenvalue weighted by molar-refractivity contribution is 0.192. The minimum absolute atomic E-state index is 0.00455. The van der Waals surface area contributed by atoms with Crippen LogP contribution in [0.1, 0.15) is 38.8 Å². The fourth-order valence-electron chi connectivity index (χ4n) is 3.84. The monoisotopic (exact) mass is 680 g/mol. The summed E-state index contributed by atoms with van der Waals surface area (Å²) in [4.78, 5) is 25.3. The highest BCUT2D eigenvalue weighted by molar-refractivity contribution is 5.61. The molecule has 0 aliphatic heterocycles. The van der Waals surface area contributed by atoms with Gasteiger partial charge in [0.15, 0.2) is 0 Å². The lowest BCUT2D eigenvalue weighted by Gasteiger charge is -2.12. The van der Waals surface area contributed by atoms with E-state index >= 15 is 0 Å². The van der Waals surface area contributed by atoms with Gasteiger partial charge in [0.1, 0.15) is 50.1 Å². The zero-order chi connectivity index (χ0) is 35.9. The van der Waals surface area contributed by atoms with E-state index in [1.54, 1.807) is 36.4 Å². The maximum atomic E-state index is 9.47. The summed E-state index contributed by atoms with van der Waals surface area (Å²) in [6.45, 7) is 8.50. The number of allylic oxidation sites excluding steroid dienone is 2. The first kappa shape index (κ1) is 36.2. The van der Waals surface area contributed by atoms with Crippen LogP contribution in [0.4, 0.5) is 23.3 Å². The summed E-state index contributed by atoms with van der Waals surface area (Å²) in [5, 5.41) is 25.1. The second kappa shape index (κ2) is 18.0. The molecule has 2 N–H and O–H groups in total. The molecule has 2 heterocycles. The minimum atomic E-state index is -0.0318. The molecule has 4 aromatic rings. The van der Waals surface area contributed by atoms with Crippen LogP contribution in [0.25, 0.3) is 0 Å². The van der Waals surface area contributed by atoms with Crippen LogP contribution in [0.5, 0.6) is 35.5 Å². The smallest absolute Gasteiger partial charge is 0.324 e. The lowest BCUT2D eigenvalue weighted by Crippen LogP contribution is -2.14. The number of methoxy groups -OCH3 is 2. The van der Waals surface area contributed by atoms with E-state index in [4.69, 9.17) is 28.4 Å². The predicted molar refractivity (Wildman–Crippen MR) is 182 cm³/mol. The zero-order valence-corrected chi connectivity index (χ0v) is 28.5. The number of hydrogen-bond acceptors (Lipinski definition) is 16. The molecular weight excluding hydrogens is 644 g/mol. The van der Waals surface area contributed by atoms with Crippen molar-refractivity contribution >= 4 is 23.3 Å². The van der Waals surface area contributed by atoms with E-state index in [0.717, 1.165) is 11.1 Å². The van der Waals surface area contributed by atoms with E-state index in [1.165, 1.54) is 14.2 Å². The fraction of sp³-hybridized carbons (Fsp3) is 0.294. The molecule has 258 valence electrons. The third-order valence-electron chi connectivity index (χ3n) is 6.28. The maximum Gasteiger partial charge on any atom is 0.324 e. The van der Waals surface area contributed by atoms with Gasteiger partial charge in [-0.3, -0.25) is 0 Å². The highest BCUT2D eigenvalue weighted by atomic mass is 16.5. The van der Waals surface area contributed by atoms with Gasteiger partial charge in [-0.15, -0.1) is 9.97 Å². The van der Waals surface area contributed by atoms with E-state index < -0.39 is 0 Å². The van der Waals surface area contributed by atoms with Crippen LogP contribution < -0.4 is 39.1 Å². The fourth-order valence-corrected chi connectivity index (χ4v) is 3.84. The SMILES string of the molecule is COc1nc(Nc2ccc(C#N)c(OCC=C(C)C)c2)nc(OCCOc2nc(Nc3ccc(C#N)c(OCC=C(C)C)c3)nc(OC)n2)n1. The molecule has 0 fully saturated rings. The van der Waals surface area contributed by atoms with Crippen molar-refractivity contribution in [2.45, 2.75) is 27.7 Å². The molecule has 0 radical (unpaired) electrons. The van der Waals surface area contributed by atoms with Gasteiger partial charge < -0.3 is 39.1 Å². The van der Waals surface area contributed by atoms with Gasteiger partial charge in [0.05, 0.1) is 25.3 Å². The van der Waals surface area contributed by atoms with Crippen molar-refractivity contribution in [2.75, 3.05) is 51.3 Å². The van der Waals surface area contributed by atoms with Gasteiger partial charge in [0.25, 0.3) is 0 Å². The first-order valence-corrected chi connectivity index (χ1v) is 15.2. The molecule has 0 amide bonds. The molecule has 0 bridgehead atoms. The first-order valence-electron chi connectivity index (χ1n) is 15.2. The lowest BCUT2D eigenvalue weighted by atomic mass is 10.2. The van der Waals surface area contributed by atoms with Crippen molar-refractivity contribution in [3.8, 4) is 47.7 Å². The Balaban J connectivity index is 1.40. The van der Waals surface area contributed by atoms with Crippen LogP contribution in [0.3, 0.4) is 0 Å². The normalized spacial score (nSPS) is 10.1. The molecule has 16 heteroatoms. The molecule has 4 rings (SSSR count). The molecule has 2 aromatic carbocycles. The highest BCUT2D eigenvalue weighted by Gasteiger charge is 2.13. The van der Waals surface area contributed by atoms with Crippen molar-refractivity contribution < 1.29 is 28.4 Å². The van der Waals surface area contributed by atoms with E-state index in [1.807, 2.05) is 39.8 Å². The number of rotatable bonds is 17. The van der Waals surface area contributed by atoms with Crippen LogP contribution >= 0.6 is 0 Å². The van der Waals surface area contributed by atoms with Crippen LogP contribution in [-0.2, 0) is 0 Å². The van der Waals surface area contributed by atoms with Gasteiger partial charge in [-0.1, -0.05) is 11.1 Å². The van der Waals surface area contributed by atoms with Crippen LogP contribution in [0.15, 0.2) is 59.7 Å². The van der Waals surface area contributed by atoms with E-state index in [2.05, 4.69) is 52.7 Å². The molecule has 0 aliphatic carbocycles. The van der Waals surface area contributed by atoms with E-state index in [9.17, 15) is 10.5 Å². The Morgan fingerprint density at radius 1 is 0.600 bits per heavy atom. The predicted octanol–water partition coefficient (Wildman–Crippen LogP) is 5.45. The average molecular weight is 681 g/mol. The summed E-state index contributed by atoms with van der Waals surface area (Å²) in [5.41, 5.74) is 4.10. The Morgan fingerprint density at radius 3 is 1.36 bits per heavy atom. The number of nitrogens with one attached hydrogen (secondary N) is 2. The van der Waals surface area contributed by atoms with Gasteiger partial charge in [-0.05, 0) is 64.1 Å². The third-order valence-corrected chi connectivity index (χ3v) is 6.28. The summed E-state index contributed by atoms with van der Waals surface area (Å²) < 4.78 is 33.4. The molecule has 0 spiro atoms. The quantitative estimate of drug-likeness (QED) is 0.105. The topological polar surface area (TPSA) is 204 Å². The molecule has 0 unspecified atom stereocenters. The van der Waals surface area contributed by atoms with Gasteiger partial charge in [-0.25, -0.2) is 0 Å². The van der Waals surface area contributed by atoms with Crippen molar-refractivity contribution in [3.63, 3.8) is 0 Å². The summed E-state index contributed by atoms with van der Waals surface area (Å²) >= 11 is 0. The number of ether oxygens (including phenoxy) is 6. The molecule has 16 nitrogen and oxygen atoms in total. The molecule has 0 atom stereocenters. The second-order valence-corrected chi connectivity index (χ2v) is 10.6. The van der Waals surface area contributed by atoms with Gasteiger partial charge in [0.2, 0.25) is 11.9 Å². The highest BCUT2D eigenvalue weighted by Crippen LogP contribution is 2.27. The van der Waals surface area contributed by atoms with Crippen LogP contribution in [-0.4, -0.2) is 70.6 Å². The maximum absolute atomic E-state index is 9.47. The Morgan fingerprint density at radius 2 is 1.00 bits per heavy atom. The zero-order valence-electron chi connectivity index (χ0n) is 28.5. The van der Waals surface area contributed by atoms with Crippen molar-refractivity contribution in [2.24, 2.45) is 0 Å². The standard InChI is InChI=1S/C34H36N10O6/c1-21(2)11-13-47-27-17-25(9-7-23(27)19-35)37-29-39-31(45-5)43-33(41-29)49-15-16-50-34-42-30(40-32(44-34)46-6)38-26-10-8-24(20-36)28(18-26)48-14-12-22(3)4/h7-12,17-18H,13-16H2,1-6H3,(H,37,39,41,43)(H,38,40,42,44). The summed E-state index contributed by atoms with van der Waals surface area (Å²) in [5.74, 6) is 1.09. The minimum Gasteiger partial charge on any atom is -0.488 e. The molecule has 0 saturated carbocycles. The molecule has 2 aromatic heterocycles. The summed E-state index contributed by atoms with van der Waals surface area (Å²) in [6, 6.07) is 14.2. The Hall–Kier alpha value is -6.68. The Labute approximate surface area is 289 Å². The van der Waals surface area contributed by atoms with Crippen LogP contribution in [0.2, 0.25) is 0 Å². The largest absolute Gasteiger partial charge is 0.488 e. The van der Waals surface area contributed by atoms with Crippen molar-refractivity contribution in [1.82, 2.24) is 29.9 Å². The second-order valence-electron chi connectivity index (χ2n) is 10.6. The number of nitriles is 2. The number of aromatic nitrogens is 6. The molecular formula is C34H36N10O6. The molecule has 0 aliphatic rings. The Kier molecular flexibility index (Phi) is 13.0. The van der Waals surface area contributed by atoms with E-state index in [-0.39, 0.29) is 49.2 Å². The van der Waals surface area contributed by atoms with Gasteiger partial charge in [-0.2, -0.15) is 30.5 Å². The van der Waals surface area contributed by atoms with Gasteiger partial charge in [0, 0.05) is 23.5 Å². The third kappa shape index (κ3) is 11.0. The first-order chi connectivity index (χ1) is 24.2. The number of benzene rings is 2. The summed E-state index contributed by atoms with van der Waals surface area (Å²) in [7, 11) is 2.83. The number of anilines is 4. The summed E-state index contributed by atoms with van der Waals surface area (Å²) in [6.07, 6.45) is 3.82. The van der Waals surface area contributed by atoms with Crippen LogP contribution in [0, 0.1) is 22.7 Å². The van der Waals surface area contributed by atoms with Crippen molar-refractivity contribution in [1.29, 1.82) is 10.5 Å². The van der Waals surface area contributed by atoms with E-state index in [0.29, 0.717) is 47.2 Å².